The molecular weight excluding hydrogens is 332 g/mol. The first kappa shape index (κ1) is 19.3. The summed E-state index contributed by atoms with van der Waals surface area (Å²) >= 11 is 1.61. The van der Waals surface area contributed by atoms with E-state index in [0.717, 1.165) is 29.5 Å². The summed E-state index contributed by atoms with van der Waals surface area (Å²) in [5, 5.41) is 0.682. The molecule has 0 bridgehead atoms. The number of hydrogen-bond donors (Lipinski definition) is 0. The maximum Gasteiger partial charge on any atom is 0.256 e. The standard InChI is InChI=1S/C20H26N2O2S/c1-5-6-7-8-17-15-25-20(21-16(17)2)24-19-11-9-18(10-12-19)23-14-13-22(3)4/h5-12H,13-15H2,1-4H3/b6-5-,8-7-. The summed E-state index contributed by atoms with van der Waals surface area (Å²) in [6.45, 7) is 5.58. The van der Waals surface area contributed by atoms with Gasteiger partial charge in [-0.3, -0.25) is 0 Å². The molecule has 1 heterocycles. The summed E-state index contributed by atoms with van der Waals surface area (Å²) in [7, 11) is 4.06. The van der Waals surface area contributed by atoms with E-state index in [1.807, 2.05) is 70.4 Å². The van der Waals surface area contributed by atoms with Gasteiger partial charge in [0.1, 0.15) is 18.1 Å². The SMILES string of the molecule is C/C=C\C=C/C1=C(C)N=C(Oc2ccc(OCCN(C)C)cc2)SC1. The van der Waals surface area contributed by atoms with Gasteiger partial charge in [-0.2, -0.15) is 0 Å². The minimum Gasteiger partial charge on any atom is -0.492 e. The molecule has 0 amide bonds. The van der Waals surface area contributed by atoms with Gasteiger partial charge in [0.05, 0.1) is 0 Å². The topological polar surface area (TPSA) is 34.1 Å². The summed E-state index contributed by atoms with van der Waals surface area (Å²) < 4.78 is 11.6. The van der Waals surface area contributed by atoms with E-state index in [-0.39, 0.29) is 0 Å². The molecule has 5 heteroatoms. The summed E-state index contributed by atoms with van der Waals surface area (Å²) in [4.78, 5) is 6.65. The second kappa shape index (κ2) is 10.1. The minimum atomic E-state index is 0.670. The first-order valence-corrected chi connectivity index (χ1v) is 9.33. The summed E-state index contributed by atoms with van der Waals surface area (Å²) in [6, 6.07) is 7.67. The van der Waals surface area contributed by atoms with E-state index in [0.29, 0.717) is 11.8 Å². The van der Waals surface area contributed by atoms with Gasteiger partial charge in [0, 0.05) is 18.0 Å². The van der Waals surface area contributed by atoms with Gasteiger partial charge in [0.15, 0.2) is 0 Å². The van der Waals surface area contributed by atoms with Crippen LogP contribution in [0, 0.1) is 0 Å². The zero-order valence-corrected chi connectivity index (χ0v) is 16.2. The van der Waals surface area contributed by atoms with Gasteiger partial charge in [0.25, 0.3) is 5.23 Å². The van der Waals surface area contributed by atoms with Crippen LogP contribution >= 0.6 is 11.8 Å². The van der Waals surface area contributed by atoms with E-state index in [1.54, 1.807) is 11.8 Å². The molecule has 0 aromatic heterocycles. The lowest BCUT2D eigenvalue weighted by atomic mass is 10.2. The first-order valence-electron chi connectivity index (χ1n) is 8.34. The van der Waals surface area contributed by atoms with Crippen molar-refractivity contribution >= 4 is 17.0 Å². The lowest BCUT2D eigenvalue weighted by Gasteiger charge is -2.15. The molecule has 0 spiro atoms. The van der Waals surface area contributed by atoms with Crippen LogP contribution in [-0.4, -0.2) is 43.1 Å². The Morgan fingerprint density at radius 1 is 1.16 bits per heavy atom. The first-order chi connectivity index (χ1) is 12.1. The van der Waals surface area contributed by atoms with Gasteiger partial charge in [0.2, 0.25) is 0 Å². The second-order valence-electron chi connectivity index (χ2n) is 5.89. The fourth-order valence-electron chi connectivity index (χ4n) is 2.04. The Bertz CT molecular complexity index is 673. The monoisotopic (exact) mass is 358 g/mol. The van der Waals surface area contributed by atoms with E-state index in [4.69, 9.17) is 9.47 Å². The van der Waals surface area contributed by atoms with E-state index in [1.165, 1.54) is 5.57 Å². The Hall–Kier alpha value is -1.98. The van der Waals surface area contributed by atoms with Crippen LogP contribution in [0.4, 0.5) is 0 Å². The molecule has 1 aromatic carbocycles. The number of aliphatic imine (C=N–C) groups is 1. The Labute approximate surface area is 154 Å². The maximum atomic E-state index is 5.87. The number of nitrogens with zero attached hydrogens (tertiary/aromatic N) is 2. The highest BCUT2D eigenvalue weighted by molar-refractivity contribution is 8.13. The molecule has 0 radical (unpaired) electrons. The van der Waals surface area contributed by atoms with E-state index in [2.05, 4.69) is 16.0 Å². The van der Waals surface area contributed by atoms with Crippen LogP contribution in [0.2, 0.25) is 0 Å². The highest BCUT2D eigenvalue weighted by Crippen LogP contribution is 2.26. The van der Waals surface area contributed by atoms with Crippen LogP contribution in [0.1, 0.15) is 13.8 Å². The molecule has 25 heavy (non-hydrogen) atoms. The molecule has 0 N–H and O–H groups in total. The van der Waals surface area contributed by atoms with Crippen molar-refractivity contribution < 1.29 is 9.47 Å². The second-order valence-corrected chi connectivity index (χ2v) is 6.81. The third kappa shape index (κ3) is 6.80. The van der Waals surface area contributed by atoms with Gasteiger partial charge in [-0.15, -0.1) is 0 Å². The van der Waals surface area contributed by atoms with E-state index >= 15 is 0 Å². The molecule has 0 saturated heterocycles. The van der Waals surface area contributed by atoms with Gasteiger partial charge in [-0.1, -0.05) is 36.1 Å². The molecule has 4 nitrogen and oxygen atoms in total. The summed E-state index contributed by atoms with van der Waals surface area (Å²) in [5.41, 5.74) is 2.22. The molecule has 0 aliphatic carbocycles. The zero-order valence-electron chi connectivity index (χ0n) is 15.4. The molecule has 134 valence electrons. The number of rotatable bonds is 7. The third-order valence-corrected chi connectivity index (χ3v) is 4.39. The quantitative estimate of drug-likeness (QED) is 0.672. The van der Waals surface area contributed by atoms with Gasteiger partial charge in [-0.25, -0.2) is 4.99 Å². The minimum absolute atomic E-state index is 0.670. The average Bonchev–Trinajstić information content (AvgIpc) is 2.58. The van der Waals surface area contributed by atoms with Crippen LogP contribution in [0.3, 0.4) is 0 Å². The number of benzene rings is 1. The number of ether oxygens (including phenoxy) is 2. The van der Waals surface area contributed by atoms with Crippen molar-refractivity contribution in [3.8, 4) is 11.5 Å². The smallest absolute Gasteiger partial charge is 0.256 e. The zero-order chi connectivity index (χ0) is 18.1. The molecule has 1 aliphatic rings. The molecule has 0 saturated carbocycles. The largest absolute Gasteiger partial charge is 0.492 e. The lowest BCUT2D eigenvalue weighted by Crippen LogP contribution is -2.19. The number of allylic oxidation sites excluding steroid dienone is 5. The van der Waals surface area contributed by atoms with Crippen molar-refractivity contribution in [2.45, 2.75) is 13.8 Å². The predicted molar refractivity (Wildman–Crippen MR) is 108 cm³/mol. The van der Waals surface area contributed by atoms with Crippen molar-refractivity contribution in [1.82, 2.24) is 4.90 Å². The highest BCUT2D eigenvalue weighted by Gasteiger charge is 2.13. The van der Waals surface area contributed by atoms with Crippen molar-refractivity contribution in [3.63, 3.8) is 0 Å². The third-order valence-electron chi connectivity index (χ3n) is 3.51. The number of likely N-dealkylation sites (N-methyl/N-ethyl adjacent to an activating group) is 1. The fraction of sp³-hybridized carbons (Fsp3) is 0.350. The van der Waals surface area contributed by atoms with Crippen molar-refractivity contribution in [1.29, 1.82) is 0 Å². The van der Waals surface area contributed by atoms with Gasteiger partial charge in [-0.05, 0) is 57.8 Å². The summed E-state index contributed by atoms with van der Waals surface area (Å²) in [5.74, 6) is 2.48. The molecule has 0 atom stereocenters. The van der Waals surface area contributed by atoms with Gasteiger partial charge >= 0.3 is 0 Å². The molecule has 2 rings (SSSR count). The van der Waals surface area contributed by atoms with Gasteiger partial charge < -0.3 is 14.4 Å². The highest BCUT2D eigenvalue weighted by atomic mass is 32.2. The van der Waals surface area contributed by atoms with E-state index in [9.17, 15) is 0 Å². The molecule has 0 fully saturated rings. The molecule has 0 unspecified atom stereocenters. The average molecular weight is 359 g/mol. The summed E-state index contributed by atoms with van der Waals surface area (Å²) in [6.07, 6.45) is 8.16. The van der Waals surface area contributed by atoms with Crippen molar-refractivity contribution in [2.75, 3.05) is 33.0 Å². The van der Waals surface area contributed by atoms with Crippen molar-refractivity contribution in [2.24, 2.45) is 4.99 Å². The Morgan fingerprint density at radius 2 is 1.88 bits per heavy atom. The Morgan fingerprint density at radius 3 is 2.52 bits per heavy atom. The van der Waals surface area contributed by atoms with Crippen LogP contribution < -0.4 is 9.47 Å². The maximum absolute atomic E-state index is 5.87. The Balaban J connectivity index is 1.93. The number of hydrogen-bond acceptors (Lipinski definition) is 5. The normalized spacial score (nSPS) is 15.3. The van der Waals surface area contributed by atoms with Crippen molar-refractivity contribution in [3.05, 3.63) is 59.8 Å². The molecule has 1 aliphatic heterocycles. The Kier molecular flexibility index (Phi) is 7.82. The number of thioether (sulfide) groups is 1. The molecular formula is C20H26N2O2S. The lowest BCUT2D eigenvalue weighted by molar-refractivity contribution is 0.261. The predicted octanol–water partition coefficient (Wildman–Crippen LogP) is 4.51. The van der Waals surface area contributed by atoms with Crippen LogP contribution in [0.25, 0.3) is 0 Å². The van der Waals surface area contributed by atoms with Crippen LogP contribution in [0.15, 0.2) is 64.8 Å². The van der Waals surface area contributed by atoms with Crippen LogP contribution in [0.5, 0.6) is 11.5 Å². The fourth-order valence-corrected chi connectivity index (χ4v) is 2.98. The molecule has 1 aromatic rings. The van der Waals surface area contributed by atoms with E-state index < -0.39 is 0 Å². The van der Waals surface area contributed by atoms with Crippen LogP contribution in [-0.2, 0) is 0 Å².